The summed E-state index contributed by atoms with van der Waals surface area (Å²) in [5.74, 6) is 0.903. The first-order valence-electron chi connectivity index (χ1n) is 10.9. The minimum Gasteiger partial charge on any atom is -0.312 e. The molecular formula is C23H33NO4S. The predicted molar refractivity (Wildman–Crippen MR) is 116 cm³/mol. The van der Waals surface area contributed by atoms with Gasteiger partial charge in [0, 0.05) is 31.0 Å². The summed E-state index contributed by atoms with van der Waals surface area (Å²) in [4.78, 5) is 26.6. The molecule has 29 heavy (non-hydrogen) atoms. The maximum atomic E-state index is 12.7. The van der Waals surface area contributed by atoms with Crippen molar-refractivity contribution in [1.29, 1.82) is 0 Å². The van der Waals surface area contributed by atoms with Gasteiger partial charge in [-0.3, -0.25) is 9.59 Å². The van der Waals surface area contributed by atoms with Crippen molar-refractivity contribution in [2.24, 2.45) is 11.8 Å². The van der Waals surface area contributed by atoms with Gasteiger partial charge in [0.2, 0.25) is 5.91 Å². The summed E-state index contributed by atoms with van der Waals surface area (Å²) in [5, 5.41) is -0.329. The lowest BCUT2D eigenvalue weighted by molar-refractivity contribution is -0.123. The van der Waals surface area contributed by atoms with Crippen molar-refractivity contribution in [2.45, 2.75) is 70.5 Å². The van der Waals surface area contributed by atoms with Crippen molar-refractivity contribution in [3.05, 3.63) is 29.8 Å². The molecule has 1 aromatic rings. The molecule has 1 amide bonds. The summed E-state index contributed by atoms with van der Waals surface area (Å²) in [5.41, 5.74) is 1.89. The first-order valence-corrected chi connectivity index (χ1v) is 12.6. The number of piperidine rings is 1. The molecule has 0 unspecified atom stereocenters. The molecule has 3 rings (SSSR count). The van der Waals surface area contributed by atoms with Crippen LogP contribution in [-0.2, 0) is 25.8 Å². The highest BCUT2D eigenvalue weighted by atomic mass is 32.2. The Morgan fingerprint density at radius 3 is 2.31 bits per heavy atom. The molecule has 1 aromatic carbocycles. The van der Waals surface area contributed by atoms with E-state index in [1.54, 1.807) is 13.8 Å². The zero-order chi connectivity index (χ0) is 21.0. The minimum atomic E-state index is -3.01. The Balaban J connectivity index is 1.50. The number of hydrogen-bond acceptors (Lipinski definition) is 4. The molecule has 0 N–H and O–H groups in total. The maximum absolute atomic E-state index is 12.7. The fraction of sp³-hybridized carbons (Fsp3) is 0.652. The van der Waals surface area contributed by atoms with Crippen LogP contribution < -0.4 is 4.90 Å². The molecule has 0 atom stereocenters. The van der Waals surface area contributed by atoms with Gasteiger partial charge in [-0.25, -0.2) is 8.42 Å². The van der Waals surface area contributed by atoms with Crippen LogP contribution in [-0.4, -0.2) is 37.7 Å². The topological polar surface area (TPSA) is 71.5 Å². The van der Waals surface area contributed by atoms with E-state index in [0.717, 1.165) is 56.3 Å². The van der Waals surface area contributed by atoms with Gasteiger partial charge in [-0.2, -0.15) is 0 Å². The molecule has 0 radical (unpaired) electrons. The molecule has 1 aliphatic heterocycles. The van der Waals surface area contributed by atoms with Gasteiger partial charge in [-0.15, -0.1) is 0 Å². The van der Waals surface area contributed by atoms with E-state index in [0.29, 0.717) is 12.8 Å². The lowest BCUT2D eigenvalue weighted by Crippen LogP contribution is -2.35. The number of Topliss-reactive ketones (excluding diaryl/α,β-unsaturated/α-hetero) is 1. The summed E-state index contributed by atoms with van der Waals surface area (Å²) in [7, 11) is -3.01. The summed E-state index contributed by atoms with van der Waals surface area (Å²) in [6.45, 7) is 4.24. The average Bonchev–Trinajstić information content (AvgIpc) is 2.69. The van der Waals surface area contributed by atoms with E-state index < -0.39 is 9.84 Å². The van der Waals surface area contributed by atoms with Gasteiger partial charge in [-0.1, -0.05) is 12.1 Å². The highest BCUT2D eigenvalue weighted by molar-refractivity contribution is 7.91. The van der Waals surface area contributed by atoms with E-state index in [1.807, 2.05) is 29.2 Å². The molecule has 1 aliphatic carbocycles. The van der Waals surface area contributed by atoms with Gasteiger partial charge in [0.1, 0.15) is 5.78 Å². The second-order valence-electron chi connectivity index (χ2n) is 8.91. The molecule has 5 nitrogen and oxygen atoms in total. The van der Waals surface area contributed by atoms with Crippen molar-refractivity contribution in [3.63, 3.8) is 0 Å². The van der Waals surface area contributed by atoms with E-state index >= 15 is 0 Å². The summed E-state index contributed by atoms with van der Waals surface area (Å²) in [6, 6.07) is 7.80. The normalized spacial score (nSPS) is 23.4. The number of benzene rings is 1. The SMILES string of the molecule is CC(C)S(=O)(=O)CC1CCC(C(=O)Cc2ccc(N3CCCCC3=O)cc2)CC1. The van der Waals surface area contributed by atoms with Gasteiger partial charge in [0.05, 0.1) is 11.0 Å². The number of carbonyl (C=O) groups excluding carboxylic acids is 2. The van der Waals surface area contributed by atoms with Crippen LogP contribution in [0.3, 0.4) is 0 Å². The highest BCUT2D eigenvalue weighted by Crippen LogP contribution is 2.32. The van der Waals surface area contributed by atoms with Crippen LogP contribution in [0.25, 0.3) is 0 Å². The Hall–Kier alpha value is -1.69. The van der Waals surface area contributed by atoms with Crippen LogP contribution in [0.4, 0.5) is 5.69 Å². The second kappa shape index (κ2) is 9.41. The largest absolute Gasteiger partial charge is 0.312 e. The second-order valence-corrected chi connectivity index (χ2v) is 11.5. The summed E-state index contributed by atoms with van der Waals surface area (Å²) < 4.78 is 24.3. The van der Waals surface area contributed by atoms with Crippen LogP contribution in [0, 0.1) is 11.8 Å². The Labute approximate surface area is 174 Å². The molecule has 0 spiro atoms. The Morgan fingerprint density at radius 1 is 1.07 bits per heavy atom. The monoisotopic (exact) mass is 419 g/mol. The number of sulfone groups is 1. The average molecular weight is 420 g/mol. The zero-order valence-corrected chi connectivity index (χ0v) is 18.4. The third-order valence-electron chi connectivity index (χ3n) is 6.44. The van der Waals surface area contributed by atoms with Crippen molar-refractivity contribution in [1.82, 2.24) is 0 Å². The molecule has 0 bridgehead atoms. The first-order chi connectivity index (χ1) is 13.8. The summed E-state index contributed by atoms with van der Waals surface area (Å²) >= 11 is 0. The molecule has 0 aromatic heterocycles. The number of carbonyl (C=O) groups is 2. The molecule has 2 aliphatic rings. The number of amides is 1. The molecule has 2 fully saturated rings. The van der Waals surface area contributed by atoms with Crippen LogP contribution in [0.1, 0.15) is 64.4 Å². The van der Waals surface area contributed by atoms with Crippen molar-refractivity contribution in [2.75, 3.05) is 17.2 Å². The lowest BCUT2D eigenvalue weighted by atomic mass is 9.79. The molecule has 1 heterocycles. The molecule has 6 heteroatoms. The van der Waals surface area contributed by atoms with E-state index in [1.165, 1.54) is 0 Å². The fourth-order valence-corrected chi connectivity index (χ4v) is 5.77. The van der Waals surface area contributed by atoms with Gasteiger partial charge < -0.3 is 4.90 Å². The van der Waals surface area contributed by atoms with E-state index in [4.69, 9.17) is 0 Å². The van der Waals surface area contributed by atoms with Gasteiger partial charge in [-0.05, 0) is 76.0 Å². The Kier molecular flexibility index (Phi) is 7.14. The highest BCUT2D eigenvalue weighted by Gasteiger charge is 2.30. The minimum absolute atomic E-state index is 0.0383. The van der Waals surface area contributed by atoms with Gasteiger partial charge in [0.15, 0.2) is 9.84 Å². The third kappa shape index (κ3) is 5.68. The van der Waals surface area contributed by atoms with Gasteiger partial charge >= 0.3 is 0 Å². The van der Waals surface area contributed by atoms with E-state index in [2.05, 4.69) is 0 Å². The summed E-state index contributed by atoms with van der Waals surface area (Å²) in [6.07, 6.45) is 6.24. The number of nitrogens with zero attached hydrogens (tertiary/aromatic N) is 1. The van der Waals surface area contributed by atoms with E-state index in [9.17, 15) is 18.0 Å². The molecule has 1 saturated carbocycles. The Bertz CT molecular complexity index is 821. The molecule has 160 valence electrons. The predicted octanol–water partition coefficient (Wildman–Crippen LogP) is 3.94. The number of ketones is 1. The molecular weight excluding hydrogens is 386 g/mol. The van der Waals surface area contributed by atoms with Crippen LogP contribution >= 0.6 is 0 Å². The fourth-order valence-electron chi connectivity index (χ4n) is 4.39. The Morgan fingerprint density at radius 2 is 1.72 bits per heavy atom. The number of anilines is 1. The number of rotatable bonds is 7. The standard InChI is InChI=1S/C23H33NO4S/c1-17(2)29(27,28)16-19-6-10-20(11-7-19)22(25)15-18-8-12-21(13-9-18)24-14-4-3-5-23(24)26/h8-9,12-13,17,19-20H,3-7,10-11,14-16H2,1-2H3. The van der Waals surface area contributed by atoms with Crippen LogP contribution in [0.2, 0.25) is 0 Å². The number of hydrogen-bond donors (Lipinski definition) is 0. The third-order valence-corrected chi connectivity index (χ3v) is 8.81. The van der Waals surface area contributed by atoms with Crippen LogP contribution in [0.5, 0.6) is 0 Å². The zero-order valence-electron chi connectivity index (χ0n) is 17.6. The van der Waals surface area contributed by atoms with Crippen molar-refractivity contribution < 1.29 is 18.0 Å². The van der Waals surface area contributed by atoms with Crippen molar-refractivity contribution >= 4 is 27.2 Å². The van der Waals surface area contributed by atoms with E-state index in [-0.39, 0.29) is 34.5 Å². The lowest BCUT2D eigenvalue weighted by Gasteiger charge is -2.28. The quantitative estimate of drug-likeness (QED) is 0.671. The molecule has 1 saturated heterocycles. The van der Waals surface area contributed by atoms with Crippen LogP contribution in [0.15, 0.2) is 24.3 Å². The van der Waals surface area contributed by atoms with Gasteiger partial charge in [0.25, 0.3) is 0 Å². The smallest absolute Gasteiger partial charge is 0.226 e. The maximum Gasteiger partial charge on any atom is 0.226 e. The first kappa shape index (κ1) is 22.0. The van der Waals surface area contributed by atoms with Crippen molar-refractivity contribution in [3.8, 4) is 0 Å².